The first-order valence-corrected chi connectivity index (χ1v) is 19.0. The van der Waals surface area contributed by atoms with Crippen molar-refractivity contribution in [3.05, 3.63) is 188 Å². The summed E-state index contributed by atoms with van der Waals surface area (Å²) in [6.07, 6.45) is 0. The van der Waals surface area contributed by atoms with Gasteiger partial charge in [-0.25, -0.2) is 15.0 Å². The van der Waals surface area contributed by atoms with Crippen molar-refractivity contribution < 1.29 is 0 Å². The molecule has 0 bridgehead atoms. The van der Waals surface area contributed by atoms with E-state index in [0.717, 1.165) is 39.0 Å². The summed E-state index contributed by atoms with van der Waals surface area (Å²) in [6.45, 7) is 0. The lowest BCUT2D eigenvalue weighted by Crippen LogP contribution is -2.01. The number of hydrogen-bond donors (Lipinski definition) is 0. The van der Waals surface area contributed by atoms with Gasteiger partial charge in [0.05, 0.1) is 27.6 Å². The monoisotopic (exact) mass is 713 g/mol. The average Bonchev–Trinajstić information content (AvgIpc) is 3.92. The third-order valence-corrected chi connectivity index (χ3v) is 11.3. The Morgan fingerprint density at radius 3 is 1.50 bits per heavy atom. The van der Waals surface area contributed by atoms with Crippen LogP contribution in [-0.4, -0.2) is 23.9 Å². The summed E-state index contributed by atoms with van der Waals surface area (Å²) in [5, 5.41) is 7.51. The number of nitrogens with zero attached hydrogens (tertiary/aromatic N) is 5. The summed E-state index contributed by atoms with van der Waals surface area (Å²) in [5.41, 5.74) is 12.2. The molecule has 12 aromatic rings. The summed E-state index contributed by atoms with van der Waals surface area (Å²) in [7, 11) is 0. The van der Waals surface area contributed by atoms with Gasteiger partial charge in [-0.1, -0.05) is 146 Å². The van der Waals surface area contributed by atoms with Gasteiger partial charge in [0, 0.05) is 54.7 Å². The topological polar surface area (TPSA) is 48.0 Å². The molecule has 5 nitrogen and oxygen atoms in total. The second-order valence-electron chi connectivity index (χ2n) is 14.4. The highest BCUT2D eigenvalue weighted by Crippen LogP contribution is 2.46. The second-order valence-corrected chi connectivity index (χ2v) is 14.4. The Bertz CT molecular complexity index is 3470. The molecule has 5 heteroatoms. The van der Waals surface area contributed by atoms with Crippen LogP contribution in [0.1, 0.15) is 0 Å². The molecule has 0 amide bonds. The largest absolute Gasteiger partial charge is 0.309 e. The predicted molar refractivity (Wildman–Crippen MR) is 231 cm³/mol. The Balaban J connectivity index is 1.11. The van der Waals surface area contributed by atoms with Gasteiger partial charge in [-0.15, -0.1) is 0 Å². The third kappa shape index (κ3) is 4.52. The Kier molecular flexibility index (Phi) is 6.56. The first-order chi connectivity index (χ1) is 27.8. The van der Waals surface area contributed by atoms with Crippen LogP contribution in [0.4, 0.5) is 0 Å². The van der Waals surface area contributed by atoms with E-state index in [4.69, 9.17) is 15.0 Å². The van der Waals surface area contributed by atoms with Crippen LogP contribution in [0.2, 0.25) is 0 Å². The van der Waals surface area contributed by atoms with Crippen LogP contribution in [0, 0.1) is 0 Å². The van der Waals surface area contributed by atoms with E-state index in [1.165, 1.54) is 54.4 Å². The van der Waals surface area contributed by atoms with Crippen molar-refractivity contribution in [2.75, 3.05) is 0 Å². The summed E-state index contributed by atoms with van der Waals surface area (Å²) in [5.74, 6) is 1.89. The van der Waals surface area contributed by atoms with Crippen LogP contribution < -0.4 is 0 Å². The standard InChI is InChI=1S/C51H31N5/c1-3-15-32(16-4-1)34-19-13-20-35(29-34)50-52-49(33-17-5-2-6-18-33)53-51(54-50)36-21-14-22-37(30-36)55-43-26-10-7-23-38(43)41-31-42-39-24-8-11-27-44(39)56-45-28-12-9-25-40(45)46(47(41)55)48(42)56/h1-31H. The van der Waals surface area contributed by atoms with Crippen molar-refractivity contribution in [3.8, 4) is 51.0 Å². The molecule has 0 saturated heterocycles. The summed E-state index contributed by atoms with van der Waals surface area (Å²) in [6, 6.07) is 66.5. The lowest BCUT2D eigenvalue weighted by atomic mass is 10.0. The minimum Gasteiger partial charge on any atom is -0.309 e. The zero-order valence-corrected chi connectivity index (χ0v) is 30.1. The second kappa shape index (κ2) is 11.9. The smallest absolute Gasteiger partial charge is 0.164 e. The van der Waals surface area contributed by atoms with Crippen LogP contribution in [0.25, 0.3) is 111 Å². The number of rotatable bonds is 5. The van der Waals surface area contributed by atoms with E-state index in [0.29, 0.717) is 17.5 Å². The molecule has 56 heavy (non-hydrogen) atoms. The lowest BCUT2D eigenvalue weighted by Gasteiger charge is -2.12. The van der Waals surface area contributed by atoms with Gasteiger partial charge in [-0.05, 0) is 53.6 Å². The first-order valence-electron chi connectivity index (χ1n) is 19.0. The molecule has 8 aromatic carbocycles. The van der Waals surface area contributed by atoms with Gasteiger partial charge in [-0.2, -0.15) is 0 Å². The molecule has 4 aromatic heterocycles. The maximum Gasteiger partial charge on any atom is 0.164 e. The van der Waals surface area contributed by atoms with Crippen molar-refractivity contribution in [1.29, 1.82) is 0 Å². The molecular weight excluding hydrogens is 683 g/mol. The van der Waals surface area contributed by atoms with E-state index < -0.39 is 0 Å². The molecule has 0 aliphatic heterocycles. The maximum absolute atomic E-state index is 5.18. The van der Waals surface area contributed by atoms with Crippen LogP contribution in [0.3, 0.4) is 0 Å². The van der Waals surface area contributed by atoms with Crippen LogP contribution in [0.15, 0.2) is 188 Å². The van der Waals surface area contributed by atoms with E-state index >= 15 is 0 Å². The van der Waals surface area contributed by atoms with Gasteiger partial charge in [0.25, 0.3) is 0 Å². The number of hydrogen-bond acceptors (Lipinski definition) is 3. The number of aromatic nitrogens is 5. The zero-order chi connectivity index (χ0) is 36.7. The van der Waals surface area contributed by atoms with Crippen molar-refractivity contribution in [2.24, 2.45) is 0 Å². The molecule has 12 rings (SSSR count). The zero-order valence-electron chi connectivity index (χ0n) is 30.1. The fourth-order valence-corrected chi connectivity index (χ4v) is 8.83. The maximum atomic E-state index is 5.18. The highest BCUT2D eigenvalue weighted by molar-refractivity contribution is 6.34. The average molecular weight is 714 g/mol. The van der Waals surface area contributed by atoms with Gasteiger partial charge in [0.1, 0.15) is 0 Å². The van der Waals surface area contributed by atoms with Crippen molar-refractivity contribution in [1.82, 2.24) is 23.9 Å². The summed E-state index contributed by atoms with van der Waals surface area (Å²) >= 11 is 0. The van der Waals surface area contributed by atoms with E-state index in [1.807, 2.05) is 24.3 Å². The van der Waals surface area contributed by atoms with E-state index in [1.54, 1.807) is 0 Å². The Morgan fingerprint density at radius 1 is 0.304 bits per heavy atom. The lowest BCUT2D eigenvalue weighted by molar-refractivity contribution is 1.07. The van der Waals surface area contributed by atoms with E-state index in [2.05, 4.69) is 173 Å². The van der Waals surface area contributed by atoms with Crippen LogP contribution in [0.5, 0.6) is 0 Å². The van der Waals surface area contributed by atoms with Gasteiger partial charge in [0.2, 0.25) is 0 Å². The molecule has 0 aliphatic carbocycles. The van der Waals surface area contributed by atoms with Gasteiger partial charge >= 0.3 is 0 Å². The van der Waals surface area contributed by atoms with Crippen molar-refractivity contribution in [2.45, 2.75) is 0 Å². The minimum atomic E-state index is 0.624. The molecule has 0 fully saturated rings. The highest BCUT2D eigenvalue weighted by atomic mass is 15.0. The Hall–Kier alpha value is -7.63. The molecule has 0 aliphatic rings. The summed E-state index contributed by atoms with van der Waals surface area (Å²) in [4.78, 5) is 15.4. The number of benzene rings is 8. The SMILES string of the molecule is c1ccc(-c2cccc(-c3nc(-c4ccccc4)nc(-c4cccc(-n5c6ccccc6c6cc7c8ccccc8n8c9ccccc9c(c65)c78)c4)n3)c2)cc1. The molecule has 260 valence electrons. The molecule has 0 atom stereocenters. The van der Waals surface area contributed by atoms with Gasteiger partial charge in [-0.3, -0.25) is 0 Å². The molecule has 4 heterocycles. The van der Waals surface area contributed by atoms with Gasteiger partial charge in [0.15, 0.2) is 17.5 Å². The van der Waals surface area contributed by atoms with Crippen LogP contribution in [-0.2, 0) is 0 Å². The first kappa shape index (κ1) is 30.8. The van der Waals surface area contributed by atoms with Crippen LogP contribution >= 0.6 is 0 Å². The fraction of sp³-hybridized carbons (Fsp3) is 0. The normalized spacial score (nSPS) is 11.9. The Morgan fingerprint density at radius 2 is 0.786 bits per heavy atom. The van der Waals surface area contributed by atoms with Crippen molar-refractivity contribution in [3.63, 3.8) is 0 Å². The van der Waals surface area contributed by atoms with Crippen molar-refractivity contribution >= 4 is 59.9 Å². The Labute approximate surface area is 321 Å². The fourth-order valence-electron chi connectivity index (χ4n) is 8.83. The molecule has 0 N–H and O–H groups in total. The van der Waals surface area contributed by atoms with E-state index in [9.17, 15) is 0 Å². The molecule has 0 spiro atoms. The molecule has 0 radical (unpaired) electrons. The number of para-hydroxylation sites is 3. The predicted octanol–water partition coefficient (Wildman–Crippen LogP) is 12.8. The van der Waals surface area contributed by atoms with E-state index in [-0.39, 0.29) is 0 Å². The minimum absolute atomic E-state index is 0.624. The number of fused-ring (bicyclic) bond motifs is 10. The quantitative estimate of drug-likeness (QED) is 0.178. The third-order valence-electron chi connectivity index (χ3n) is 11.3. The van der Waals surface area contributed by atoms with Gasteiger partial charge < -0.3 is 8.97 Å². The molecule has 0 saturated carbocycles. The molecule has 0 unspecified atom stereocenters. The summed E-state index contributed by atoms with van der Waals surface area (Å²) < 4.78 is 4.90. The highest BCUT2D eigenvalue weighted by Gasteiger charge is 2.24. The molecular formula is C51H31N5.